The molecule has 4 rings (SSSR count). The molecule has 0 radical (unpaired) electrons. The van der Waals surface area contributed by atoms with Gasteiger partial charge in [-0.25, -0.2) is 14.8 Å². The number of amides is 1. The fourth-order valence-corrected chi connectivity index (χ4v) is 3.63. The van der Waals surface area contributed by atoms with Crippen LogP contribution < -0.4 is 10.6 Å². The number of nitrogens with one attached hydrogen (secondary N) is 2. The van der Waals surface area contributed by atoms with Crippen molar-refractivity contribution in [1.82, 2.24) is 14.9 Å². The average Bonchev–Trinajstić information content (AvgIpc) is 3.49. The fraction of sp³-hybridized carbons (Fsp3) is 0.591. The number of para-hydroxylation sites is 2. The first kappa shape index (κ1) is 19.7. The van der Waals surface area contributed by atoms with Gasteiger partial charge in [0.2, 0.25) is 0 Å². The number of rotatable bonds is 5. The highest BCUT2D eigenvalue weighted by atomic mass is 16.6. The normalized spacial score (nSPS) is 19.8. The van der Waals surface area contributed by atoms with Gasteiger partial charge in [0, 0.05) is 19.1 Å². The summed E-state index contributed by atoms with van der Waals surface area (Å²) in [5, 5.41) is 6.96. The van der Waals surface area contributed by atoms with E-state index in [0.29, 0.717) is 12.6 Å². The van der Waals surface area contributed by atoms with E-state index in [1.165, 1.54) is 12.8 Å². The second-order valence-corrected chi connectivity index (χ2v) is 9.03. The zero-order valence-electron chi connectivity index (χ0n) is 17.6. The van der Waals surface area contributed by atoms with Crippen LogP contribution in [-0.4, -0.2) is 51.7 Å². The van der Waals surface area contributed by atoms with E-state index >= 15 is 0 Å². The quantitative estimate of drug-likeness (QED) is 0.778. The van der Waals surface area contributed by atoms with Crippen molar-refractivity contribution in [1.29, 1.82) is 0 Å². The number of carbonyl (C=O) groups is 1. The van der Waals surface area contributed by atoms with Crippen molar-refractivity contribution in [3.8, 4) is 0 Å². The Hall–Kier alpha value is -2.57. The lowest BCUT2D eigenvalue weighted by molar-refractivity contribution is 0.0114. The lowest BCUT2D eigenvalue weighted by Crippen LogP contribution is -2.49. The molecule has 2 N–H and O–H groups in total. The summed E-state index contributed by atoms with van der Waals surface area (Å²) in [7, 11) is 0. The van der Waals surface area contributed by atoms with Gasteiger partial charge in [0.1, 0.15) is 5.60 Å². The number of benzene rings is 1. The Balaban J connectivity index is 1.50. The molecular weight excluding hydrogens is 366 g/mol. The Morgan fingerprint density at radius 1 is 1.10 bits per heavy atom. The monoisotopic (exact) mass is 397 g/mol. The molecule has 1 amide bonds. The summed E-state index contributed by atoms with van der Waals surface area (Å²) >= 11 is 0. The summed E-state index contributed by atoms with van der Waals surface area (Å²) < 4.78 is 5.62. The van der Waals surface area contributed by atoms with Crippen LogP contribution in [-0.2, 0) is 4.74 Å². The first-order valence-electron chi connectivity index (χ1n) is 10.7. The van der Waals surface area contributed by atoms with Gasteiger partial charge in [-0.3, -0.25) is 0 Å². The number of aromatic nitrogens is 2. The van der Waals surface area contributed by atoms with Crippen molar-refractivity contribution < 1.29 is 9.53 Å². The maximum atomic E-state index is 12.7. The van der Waals surface area contributed by atoms with Gasteiger partial charge in [-0.05, 0) is 65.0 Å². The molecule has 7 nitrogen and oxygen atoms in total. The maximum Gasteiger partial charge on any atom is 0.410 e. The minimum atomic E-state index is -0.488. The standard InChI is InChI=1S/C22H31N5O2/c1-22(2,3)29-21(28)27-13-7-6-8-16(27)14-23-19-20(24-15-11-12-15)26-18-10-5-4-9-17(18)25-19/h4-5,9-10,15-16H,6-8,11-14H2,1-3H3,(H,23,25)(H,24,26)/t16-/m0/s1. The number of nitrogens with zero attached hydrogens (tertiary/aromatic N) is 3. The van der Waals surface area contributed by atoms with Crippen LogP contribution in [0.15, 0.2) is 24.3 Å². The molecule has 1 saturated heterocycles. The number of likely N-dealkylation sites (tertiary alicyclic amines) is 1. The first-order valence-corrected chi connectivity index (χ1v) is 10.7. The van der Waals surface area contributed by atoms with Crippen LogP contribution in [0, 0.1) is 0 Å². The molecule has 2 fully saturated rings. The molecule has 2 aromatic rings. The second-order valence-electron chi connectivity index (χ2n) is 9.03. The van der Waals surface area contributed by atoms with Gasteiger partial charge in [-0.15, -0.1) is 0 Å². The second kappa shape index (κ2) is 8.05. The van der Waals surface area contributed by atoms with Crippen LogP contribution in [0.1, 0.15) is 52.9 Å². The number of fused-ring (bicyclic) bond motifs is 1. The van der Waals surface area contributed by atoms with E-state index in [0.717, 1.165) is 48.5 Å². The number of hydrogen-bond donors (Lipinski definition) is 2. The molecule has 1 aromatic heterocycles. The third kappa shape index (κ3) is 5.08. The average molecular weight is 398 g/mol. The van der Waals surface area contributed by atoms with Gasteiger partial charge in [0.15, 0.2) is 11.6 Å². The number of carbonyl (C=O) groups excluding carboxylic acids is 1. The number of piperidine rings is 1. The van der Waals surface area contributed by atoms with Gasteiger partial charge < -0.3 is 20.3 Å². The smallest absolute Gasteiger partial charge is 0.410 e. The number of anilines is 2. The van der Waals surface area contributed by atoms with Crippen LogP contribution in [0.5, 0.6) is 0 Å². The topological polar surface area (TPSA) is 79.4 Å². The van der Waals surface area contributed by atoms with Crippen molar-refractivity contribution in [3.63, 3.8) is 0 Å². The zero-order valence-corrected chi connectivity index (χ0v) is 17.6. The van der Waals surface area contributed by atoms with Crippen molar-refractivity contribution in [3.05, 3.63) is 24.3 Å². The summed E-state index contributed by atoms with van der Waals surface area (Å²) in [5.74, 6) is 1.55. The van der Waals surface area contributed by atoms with Crippen LogP contribution in [0.2, 0.25) is 0 Å². The Kier molecular flexibility index (Phi) is 5.48. The third-order valence-corrected chi connectivity index (χ3v) is 5.25. The van der Waals surface area contributed by atoms with E-state index in [1.807, 2.05) is 49.9 Å². The minimum absolute atomic E-state index is 0.0839. The van der Waals surface area contributed by atoms with Gasteiger partial charge in [-0.2, -0.15) is 0 Å². The Labute approximate surface area is 172 Å². The molecule has 0 spiro atoms. The Morgan fingerprint density at radius 2 is 1.79 bits per heavy atom. The first-order chi connectivity index (χ1) is 13.9. The highest BCUT2D eigenvalue weighted by Gasteiger charge is 2.31. The molecular formula is C22H31N5O2. The van der Waals surface area contributed by atoms with Crippen molar-refractivity contribution in [2.75, 3.05) is 23.7 Å². The van der Waals surface area contributed by atoms with Crippen LogP contribution in [0.4, 0.5) is 16.4 Å². The summed E-state index contributed by atoms with van der Waals surface area (Å²) in [6, 6.07) is 8.48. The summed E-state index contributed by atoms with van der Waals surface area (Å²) in [5.41, 5.74) is 1.26. The van der Waals surface area contributed by atoms with Crippen LogP contribution in [0.25, 0.3) is 11.0 Å². The predicted molar refractivity (Wildman–Crippen MR) is 115 cm³/mol. The molecule has 156 valence electrons. The van der Waals surface area contributed by atoms with Gasteiger partial charge in [-0.1, -0.05) is 12.1 Å². The summed E-state index contributed by atoms with van der Waals surface area (Å²) in [6.45, 7) is 7.08. The van der Waals surface area contributed by atoms with E-state index in [9.17, 15) is 4.79 Å². The number of ether oxygens (including phenoxy) is 1. The lowest BCUT2D eigenvalue weighted by Gasteiger charge is -2.37. The van der Waals surface area contributed by atoms with E-state index in [2.05, 4.69) is 10.6 Å². The molecule has 1 atom stereocenters. The Morgan fingerprint density at radius 3 is 2.45 bits per heavy atom. The largest absolute Gasteiger partial charge is 0.444 e. The number of hydrogen-bond acceptors (Lipinski definition) is 6. The SMILES string of the molecule is CC(C)(C)OC(=O)N1CCCC[C@H]1CNc1nc2ccccc2nc1NC1CC1. The van der Waals surface area contributed by atoms with E-state index in [4.69, 9.17) is 14.7 Å². The molecule has 1 aliphatic heterocycles. The highest BCUT2D eigenvalue weighted by molar-refractivity contribution is 5.80. The van der Waals surface area contributed by atoms with Crippen molar-refractivity contribution in [2.45, 2.75) is 70.6 Å². The Bertz CT molecular complexity index is 875. The third-order valence-electron chi connectivity index (χ3n) is 5.25. The van der Waals surface area contributed by atoms with Gasteiger partial charge >= 0.3 is 6.09 Å². The maximum absolute atomic E-state index is 12.7. The van der Waals surface area contributed by atoms with Crippen molar-refractivity contribution in [2.24, 2.45) is 0 Å². The molecule has 2 heterocycles. The van der Waals surface area contributed by atoms with Crippen LogP contribution in [0.3, 0.4) is 0 Å². The molecule has 1 aromatic carbocycles. The molecule has 1 aliphatic carbocycles. The van der Waals surface area contributed by atoms with Crippen LogP contribution >= 0.6 is 0 Å². The van der Waals surface area contributed by atoms with Gasteiger partial charge in [0.05, 0.1) is 17.1 Å². The summed E-state index contributed by atoms with van der Waals surface area (Å²) in [4.78, 5) is 24.1. The van der Waals surface area contributed by atoms with E-state index < -0.39 is 5.60 Å². The molecule has 0 unspecified atom stereocenters. The lowest BCUT2D eigenvalue weighted by atomic mass is 10.0. The predicted octanol–water partition coefficient (Wildman–Crippen LogP) is 4.41. The molecule has 1 saturated carbocycles. The van der Waals surface area contributed by atoms with E-state index in [-0.39, 0.29) is 12.1 Å². The summed E-state index contributed by atoms with van der Waals surface area (Å²) in [6.07, 6.45) is 5.19. The molecule has 2 aliphatic rings. The van der Waals surface area contributed by atoms with Crippen molar-refractivity contribution >= 4 is 28.8 Å². The molecule has 0 bridgehead atoms. The van der Waals surface area contributed by atoms with E-state index in [1.54, 1.807) is 0 Å². The fourth-order valence-electron chi connectivity index (χ4n) is 3.63. The van der Waals surface area contributed by atoms with Gasteiger partial charge in [0.25, 0.3) is 0 Å². The molecule has 29 heavy (non-hydrogen) atoms. The molecule has 7 heteroatoms. The zero-order chi connectivity index (χ0) is 20.4. The highest BCUT2D eigenvalue weighted by Crippen LogP contribution is 2.29. The minimum Gasteiger partial charge on any atom is -0.444 e.